The molecule has 1 aromatic carbocycles. The van der Waals surface area contributed by atoms with Crippen LogP contribution in [0.1, 0.15) is 5.56 Å². The van der Waals surface area contributed by atoms with Crippen LogP contribution < -0.4 is 0 Å². The summed E-state index contributed by atoms with van der Waals surface area (Å²) in [6.07, 6.45) is 0. The maximum Gasteiger partial charge on any atom is 0.497 e. The van der Waals surface area contributed by atoms with Crippen LogP contribution in [0, 0.1) is 0 Å². The predicted octanol–water partition coefficient (Wildman–Crippen LogP) is 2.06. The molecule has 0 spiro atoms. The van der Waals surface area contributed by atoms with E-state index in [-0.39, 0.29) is 0 Å². The van der Waals surface area contributed by atoms with E-state index in [9.17, 15) is 0 Å². The Bertz CT molecular complexity index is 259. The highest BCUT2D eigenvalue weighted by molar-refractivity contribution is 6.59. The lowest BCUT2D eigenvalue weighted by Crippen LogP contribution is -2.39. The summed E-state index contributed by atoms with van der Waals surface area (Å²) in [5.74, 6) is 0. The molecule has 0 atom stereocenters. The predicted molar refractivity (Wildman–Crippen MR) is 56.9 cm³/mol. The van der Waals surface area contributed by atoms with Gasteiger partial charge in [-0.3, -0.25) is 0 Å². The van der Waals surface area contributed by atoms with Crippen molar-refractivity contribution in [2.24, 2.45) is 0 Å². The van der Waals surface area contributed by atoms with E-state index >= 15 is 0 Å². The largest absolute Gasteiger partial charge is 0.497 e. The summed E-state index contributed by atoms with van der Waals surface area (Å²) in [6, 6.07) is 9.97. The minimum absolute atomic E-state index is 0.533. The van der Waals surface area contributed by atoms with Crippen LogP contribution in [0.4, 0.5) is 0 Å². The fourth-order valence-electron chi connectivity index (χ4n) is 0.990. The van der Waals surface area contributed by atoms with Crippen LogP contribution in [-0.4, -0.2) is 23.0 Å². The Morgan fingerprint density at radius 1 is 1.07 bits per heavy atom. The minimum atomic E-state index is -2.38. The van der Waals surface area contributed by atoms with E-state index in [0.29, 0.717) is 6.61 Å². The average molecular weight is 212 g/mol. The zero-order valence-electron chi connectivity index (χ0n) is 8.82. The summed E-state index contributed by atoms with van der Waals surface area (Å²) in [6.45, 7) is 2.40. The lowest BCUT2D eigenvalue weighted by molar-refractivity contribution is 0.0987. The molecule has 0 aromatic heterocycles. The van der Waals surface area contributed by atoms with Crippen molar-refractivity contribution in [3.63, 3.8) is 0 Å². The fourth-order valence-corrected chi connectivity index (χ4v) is 1.82. The Morgan fingerprint density at radius 2 is 1.64 bits per heavy atom. The van der Waals surface area contributed by atoms with Crippen LogP contribution in [0.5, 0.6) is 0 Å². The summed E-state index contributed by atoms with van der Waals surface area (Å²) in [5, 5.41) is 0. The molecule has 0 radical (unpaired) electrons. The first-order chi connectivity index (χ1) is 6.70. The van der Waals surface area contributed by atoms with Gasteiger partial charge in [0.25, 0.3) is 0 Å². The van der Waals surface area contributed by atoms with Crippen molar-refractivity contribution in [2.75, 3.05) is 14.2 Å². The molecule has 1 rings (SSSR count). The lowest BCUT2D eigenvalue weighted by atomic mass is 10.2. The van der Waals surface area contributed by atoms with Gasteiger partial charge in [0.15, 0.2) is 0 Å². The topological polar surface area (TPSA) is 27.7 Å². The van der Waals surface area contributed by atoms with Crippen molar-refractivity contribution < 1.29 is 13.3 Å². The Hall–Kier alpha value is -0.683. The normalized spacial score (nSPS) is 11.6. The molecule has 14 heavy (non-hydrogen) atoms. The molecule has 1 aromatic rings. The second-order valence-corrected chi connectivity index (χ2v) is 5.87. The van der Waals surface area contributed by atoms with Gasteiger partial charge in [-0.15, -0.1) is 0 Å². The molecule has 0 amide bonds. The summed E-state index contributed by atoms with van der Waals surface area (Å²) < 4.78 is 16.0. The lowest BCUT2D eigenvalue weighted by Gasteiger charge is -2.21. The van der Waals surface area contributed by atoms with Crippen LogP contribution in [0.2, 0.25) is 6.55 Å². The first kappa shape index (κ1) is 11.4. The molecule has 0 bridgehead atoms. The van der Waals surface area contributed by atoms with Gasteiger partial charge in [-0.2, -0.15) is 0 Å². The second kappa shape index (κ2) is 5.26. The van der Waals surface area contributed by atoms with Crippen molar-refractivity contribution in [1.82, 2.24) is 0 Å². The van der Waals surface area contributed by atoms with Gasteiger partial charge in [-0.25, -0.2) is 0 Å². The molecule has 3 nitrogen and oxygen atoms in total. The summed E-state index contributed by atoms with van der Waals surface area (Å²) in [4.78, 5) is 0. The van der Waals surface area contributed by atoms with Crippen molar-refractivity contribution in [2.45, 2.75) is 13.2 Å². The second-order valence-electron chi connectivity index (χ2n) is 3.04. The third-order valence-corrected chi connectivity index (χ3v) is 4.24. The highest BCUT2D eigenvalue weighted by Gasteiger charge is 2.31. The maximum atomic E-state index is 5.61. The van der Waals surface area contributed by atoms with Gasteiger partial charge in [-0.05, 0) is 5.56 Å². The van der Waals surface area contributed by atoms with Gasteiger partial charge < -0.3 is 13.3 Å². The molecule has 0 aliphatic carbocycles. The Morgan fingerprint density at radius 3 is 2.14 bits per heavy atom. The zero-order chi connectivity index (χ0) is 10.4. The zero-order valence-corrected chi connectivity index (χ0v) is 9.82. The van der Waals surface area contributed by atoms with Crippen molar-refractivity contribution in [3.8, 4) is 0 Å². The van der Waals surface area contributed by atoms with E-state index in [0.717, 1.165) is 5.56 Å². The Kier molecular flexibility index (Phi) is 4.28. The number of hydrogen-bond donors (Lipinski definition) is 0. The van der Waals surface area contributed by atoms with Crippen LogP contribution >= 0.6 is 0 Å². The smallest absolute Gasteiger partial charge is 0.377 e. The maximum absolute atomic E-state index is 5.61. The monoisotopic (exact) mass is 212 g/mol. The van der Waals surface area contributed by atoms with E-state index in [4.69, 9.17) is 13.3 Å². The van der Waals surface area contributed by atoms with Crippen molar-refractivity contribution in [1.29, 1.82) is 0 Å². The highest BCUT2D eigenvalue weighted by Crippen LogP contribution is 2.10. The highest BCUT2D eigenvalue weighted by atomic mass is 28.4. The Balaban J connectivity index is 2.48. The molecule has 0 aliphatic rings. The first-order valence-corrected chi connectivity index (χ1v) is 6.71. The standard InChI is InChI=1S/C10H16O3Si/c1-11-14(3,12-2)13-9-10-7-5-4-6-8-10/h4-8H,9H2,1-3H3. The van der Waals surface area contributed by atoms with Gasteiger partial charge >= 0.3 is 8.80 Å². The van der Waals surface area contributed by atoms with Crippen LogP contribution in [0.3, 0.4) is 0 Å². The molecule has 78 valence electrons. The molecule has 0 fully saturated rings. The first-order valence-electron chi connectivity index (χ1n) is 4.48. The van der Waals surface area contributed by atoms with E-state index in [1.807, 2.05) is 36.9 Å². The fraction of sp³-hybridized carbons (Fsp3) is 0.400. The SMILES string of the molecule is CO[Si](C)(OC)OCc1ccccc1. The molecule has 4 heteroatoms. The van der Waals surface area contributed by atoms with Gasteiger partial charge in [-0.1, -0.05) is 30.3 Å². The average Bonchev–Trinajstić information content (AvgIpc) is 2.27. The summed E-state index contributed by atoms with van der Waals surface area (Å²) >= 11 is 0. The van der Waals surface area contributed by atoms with Crippen LogP contribution in [-0.2, 0) is 19.9 Å². The molecule has 0 saturated heterocycles. The molecule has 0 saturated carbocycles. The Labute approximate surface area is 86.0 Å². The van der Waals surface area contributed by atoms with Crippen LogP contribution in [0.15, 0.2) is 30.3 Å². The summed E-state index contributed by atoms with van der Waals surface area (Å²) in [7, 11) is 0.844. The van der Waals surface area contributed by atoms with E-state index in [1.54, 1.807) is 14.2 Å². The van der Waals surface area contributed by atoms with Gasteiger partial charge in [0, 0.05) is 20.8 Å². The van der Waals surface area contributed by atoms with Crippen molar-refractivity contribution >= 4 is 8.80 Å². The molecular weight excluding hydrogens is 196 g/mol. The van der Waals surface area contributed by atoms with Crippen LogP contribution in [0.25, 0.3) is 0 Å². The molecule has 0 unspecified atom stereocenters. The number of rotatable bonds is 5. The molecule has 0 heterocycles. The van der Waals surface area contributed by atoms with E-state index in [2.05, 4.69) is 0 Å². The van der Waals surface area contributed by atoms with Gasteiger partial charge in [0.2, 0.25) is 0 Å². The van der Waals surface area contributed by atoms with Crippen molar-refractivity contribution in [3.05, 3.63) is 35.9 Å². The quantitative estimate of drug-likeness (QED) is 0.699. The minimum Gasteiger partial charge on any atom is -0.377 e. The third-order valence-electron chi connectivity index (χ3n) is 2.09. The van der Waals surface area contributed by atoms with E-state index in [1.165, 1.54) is 0 Å². The van der Waals surface area contributed by atoms with Gasteiger partial charge in [0.1, 0.15) is 0 Å². The molecular formula is C10H16O3Si. The molecule has 0 aliphatic heterocycles. The summed E-state index contributed by atoms with van der Waals surface area (Å²) in [5.41, 5.74) is 1.13. The number of benzene rings is 1. The van der Waals surface area contributed by atoms with E-state index < -0.39 is 8.80 Å². The number of hydrogen-bond acceptors (Lipinski definition) is 3. The molecule has 0 N–H and O–H groups in total. The third kappa shape index (κ3) is 3.23. The van der Waals surface area contributed by atoms with Gasteiger partial charge in [0.05, 0.1) is 6.61 Å².